The third-order valence-corrected chi connectivity index (χ3v) is 7.39. The minimum atomic E-state index is -0.125. The minimum absolute atomic E-state index is 0.0637. The Labute approximate surface area is 209 Å². The molecule has 7 nitrogen and oxygen atoms in total. The molecule has 0 saturated carbocycles. The highest BCUT2D eigenvalue weighted by Crippen LogP contribution is 2.31. The number of aromatic nitrogens is 2. The van der Waals surface area contributed by atoms with E-state index in [-0.39, 0.29) is 17.9 Å². The van der Waals surface area contributed by atoms with Crippen LogP contribution in [-0.4, -0.2) is 60.0 Å². The molecule has 0 aliphatic carbocycles. The maximum Gasteiger partial charge on any atom is 0.227 e. The van der Waals surface area contributed by atoms with Crippen molar-refractivity contribution in [3.05, 3.63) is 45.0 Å². The standard InChI is InChI=1S/C23H29Cl3N6O/c1-14(18-4-3-16(24)11-19(18)25)29-21-20(26)12-28-23(30-21)31-8-5-15(6-9-31)22(33)32-10-7-17(13-32)27-2/h3-4,11-12,14-15,17,27H,5-10,13H2,1-2H3,(H,28,29,30)/t14-,17?/m1/s1. The third kappa shape index (κ3) is 5.65. The van der Waals surface area contributed by atoms with E-state index in [1.807, 2.05) is 24.9 Å². The quantitative estimate of drug-likeness (QED) is 0.588. The second-order valence-electron chi connectivity index (χ2n) is 8.72. The molecule has 2 aliphatic rings. The summed E-state index contributed by atoms with van der Waals surface area (Å²) in [6.45, 7) is 5.11. The molecule has 0 bridgehead atoms. The Morgan fingerprint density at radius 3 is 2.55 bits per heavy atom. The maximum absolute atomic E-state index is 12.9. The number of amides is 1. The predicted molar refractivity (Wildman–Crippen MR) is 135 cm³/mol. The molecule has 1 aromatic heterocycles. The van der Waals surface area contributed by atoms with Crippen LogP contribution in [0.3, 0.4) is 0 Å². The molecule has 2 atom stereocenters. The van der Waals surface area contributed by atoms with Gasteiger partial charge in [0.15, 0.2) is 5.82 Å². The van der Waals surface area contributed by atoms with E-state index in [0.29, 0.717) is 32.9 Å². The molecule has 0 radical (unpaired) electrons. The van der Waals surface area contributed by atoms with Crippen LogP contribution < -0.4 is 15.5 Å². The number of hydrogen-bond donors (Lipinski definition) is 2. The molecule has 2 fully saturated rings. The van der Waals surface area contributed by atoms with Crippen molar-refractivity contribution in [1.82, 2.24) is 20.2 Å². The van der Waals surface area contributed by atoms with Gasteiger partial charge in [0.2, 0.25) is 11.9 Å². The fraction of sp³-hybridized carbons (Fsp3) is 0.522. The highest BCUT2D eigenvalue weighted by atomic mass is 35.5. The number of anilines is 2. The number of piperidine rings is 1. The number of nitrogens with one attached hydrogen (secondary N) is 2. The van der Waals surface area contributed by atoms with Crippen LogP contribution in [0.25, 0.3) is 0 Å². The molecule has 2 saturated heterocycles. The summed E-state index contributed by atoms with van der Waals surface area (Å²) in [4.78, 5) is 26.1. The summed E-state index contributed by atoms with van der Waals surface area (Å²) in [5, 5.41) is 8.22. The molecular weight excluding hydrogens is 483 g/mol. The number of benzene rings is 1. The van der Waals surface area contributed by atoms with Gasteiger partial charge in [0.05, 0.1) is 12.2 Å². The first kappa shape index (κ1) is 24.3. The zero-order chi connectivity index (χ0) is 23.5. The fourth-order valence-corrected chi connectivity index (χ4v) is 5.25. The van der Waals surface area contributed by atoms with Crippen molar-refractivity contribution in [2.24, 2.45) is 5.92 Å². The monoisotopic (exact) mass is 510 g/mol. The average molecular weight is 512 g/mol. The van der Waals surface area contributed by atoms with Gasteiger partial charge in [-0.1, -0.05) is 40.9 Å². The Bertz CT molecular complexity index is 998. The molecule has 1 aromatic carbocycles. The fourth-order valence-electron chi connectivity index (χ4n) is 4.53. The van der Waals surface area contributed by atoms with Gasteiger partial charge in [-0.15, -0.1) is 0 Å². The van der Waals surface area contributed by atoms with Gasteiger partial charge < -0.3 is 20.4 Å². The molecule has 1 amide bonds. The van der Waals surface area contributed by atoms with E-state index < -0.39 is 0 Å². The SMILES string of the molecule is CNC1CCN(C(=O)C2CCN(c3ncc(Cl)c(N[C@H](C)c4ccc(Cl)cc4Cl)n3)CC2)C1. The molecule has 178 valence electrons. The highest BCUT2D eigenvalue weighted by Gasteiger charge is 2.33. The molecule has 1 unspecified atom stereocenters. The third-order valence-electron chi connectivity index (χ3n) is 6.55. The topological polar surface area (TPSA) is 73.4 Å². The lowest BCUT2D eigenvalue weighted by Gasteiger charge is -2.33. The van der Waals surface area contributed by atoms with Crippen molar-refractivity contribution in [1.29, 1.82) is 0 Å². The summed E-state index contributed by atoms with van der Waals surface area (Å²) in [5.74, 6) is 1.50. The molecule has 33 heavy (non-hydrogen) atoms. The van der Waals surface area contributed by atoms with Crippen molar-refractivity contribution in [2.75, 3.05) is 43.4 Å². The zero-order valence-corrected chi connectivity index (χ0v) is 21.1. The lowest BCUT2D eigenvalue weighted by atomic mass is 9.95. The molecule has 4 rings (SSSR count). The van der Waals surface area contributed by atoms with Crippen LogP contribution in [0.1, 0.15) is 37.8 Å². The van der Waals surface area contributed by atoms with E-state index in [2.05, 4.69) is 25.5 Å². The van der Waals surface area contributed by atoms with E-state index in [1.165, 1.54) is 0 Å². The van der Waals surface area contributed by atoms with Crippen LogP contribution in [0.4, 0.5) is 11.8 Å². The van der Waals surface area contributed by atoms with Crippen LogP contribution in [0.2, 0.25) is 15.1 Å². The van der Waals surface area contributed by atoms with Gasteiger partial charge in [-0.3, -0.25) is 4.79 Å². The van der Waals surface area contributed by atoms with Gasteiger partial charge in [-0.25, -0.2) is 4.98 Å². The van der Waals surface area contributed by atoms with Gasteiger partial charge in [0.1, 0.15) is 5.02 Å². The Morgan fingerprint density at radius 2 is 1.88 bits per heavy atom. The number of carbonyl (C=O) groups excluding carboxylic acids is 1. The molecule has 10 heteroatoms. The van der Waals surface area contributed by atoms with E-state index in [1.54, 1.807) is 18.3 Å². The zero-order valence-electron chi connectivity index (χ0n) is 18.8. The van der Waals surface area contributed by atoms with E-state index in [0.717, 1.165) is 51.0 Å². The molecule has 3 heterocycles. The number of hydrogen-bond acceptors (Lipinski definition) is 6. The number of rotatable bonds is 6. The summed E-state index contributed by atoms with van der Waals surface area (Å²) >= 11 is 18.7. The minimum Gasteiger partial charge on any atom is -0.362 e. The van der Waals surface area contributed by atoms with Gasteiger partial charge >= 0.3 is 0 Å². The van der Waals surface area contributed by atoms with Gasteiger partial charge in [0.25, 0.3) is 0 Å². The van der Waals surface area contributed by atoms with Gasteiger partial charge in [-0.2, -0.15) is 4.98 Å². The second kappa shape index (κ2) is 10.6. The number of halogens is 3. The van der Waals surface area contributed by atoms with Crippen LogP contribution in [0, 0.1) is 5.92 Å². The lowest BCUT2D eigenvalue weighted by molar-refractivity contribution is -0.135. The Morgan fingerprint density at radius 1 is 1.12 bits per heavy atom. The van der Waals surface area contributed by atoms with Crippen molar-refractivity contribution in [2.45, 2.75) is 38.3 Å². The maximum atomic E-state index is 12.9. The van der Waals surface area contributed by atoms with E-state index in [9.17, 15) is 4.79 Å². The number of likely N-dealkylation sites (N-methyl/N-ethyl adjacent to an activating group) is 1. The first-order valence-electron chi connectivity index (χ1n) is 11.3. The van der Waals surface area contributed by atoms with E-state index in [4.69, 9.17) is 34.8 Å². The molecule has 2 N–H and O–H groups in total. The number of likely N-dealkylation sites (tertiary alicyclic amines) is 1. The first-order chi connectivity index (χ1) is 15.9. The summed E-state index contributed by atoms with van der Waals surface area (Å²) in [6.07, 6.45) is 4.23. The van der Waals surface area contributed by atoms with Gasteiger partial charge in [0, 0.05) is 48.2 Å². The Balaban J connectivity index is 1.38. The Hall–Kier alpha value is -1.80. The molecule has 0 spiro atoms. The molecular formula is C23H29Cl3N6O. The van der Waals surface area contributed by atoms with Crippen LogP contribution >= 0.6 is 34.8 Å². The van der Waals surface area contributed by atoms with Crippen molar-refractivity contribution in [3.8, 4) is 0 Å². The second-order valence-corrected chi connectivity index (χ2v) is 9.97. The largest absolute Gasteiger partial charge is 0.362 e. The molecule has 2 aromatic rings. The molecule has 2 aliphatic heterocycles. The van der Waals surface area contributed by atoms with Crippen LogP contribution in [-0.2, 0) is 4.79 Å². The van der Waals surface area contributed by atoms with Crippen LogP contribution in [0.5, 0.6) is 0 Å². The number of carbonyl (C=O) groups is 1. The first-order valence-corrected chi connectivity index (χ1v) is 12.4. The summed E-state index contributed by atoms with van der Waals surface area (Å²) in [5.41, 5.74) is 0.902. The van der Waals surface area contributed by atoms with Crippen molar-refractivity contribution in [3.63, 3.8) is 0 Å². The normalized spacial score (nSPS) is 20.2. The summed E-state index contributed by atoms with van der Waals surface area (Å²) in [7, 11) is 1.96. The number of nitrogens with zero attached hydrogens (tertiary/aromatic N) is 4. The summed E-state index contributed by atoms with van der Waals surface area (Å²) in [6, 6.07) is 5.70. The Kier molecular flexibility index (Phi) is 7.84. The lowest BCUT2D eigenvalue weighted by Crippen LogP contribution is -2.43. The van der Waals surface area contributed by atoms with Crippen LogP contribution in [0.15, 0.2) is 24.4 Å². The smallest absolute Gasteiger partial charge is 0.227 e. The average Bonchev–Trinajstić information content (AvgIpc) is 3.29. The predicted octanol–water partition coefficient (Wildman–Crippen LogP) is 4.65. The summed E-state index contributed by atoms with van der Waals surface area (Å²) < 4.78 is 0. The van der Waals surface area contributed by atoms with Crippen molar-refractivity contribution < 1.29 is 4.79 Å². The van der Waals surface area contributed by atoms with Crippen molar-refractivity contribution >= 4 is 52.5 Å². The highest BCUT2D eigenvalue weighted by molar-refractivity contribution is 6.35. The van der Waals surface area contributed by atoms with Gasteiger partial charge in [-0.05, 0) is 50.9 Å². The van der Waals surface area contributed by atoms with E-state index >= 15 is 0 Å².